The first-order valence-corrected chi connectivity index (χ1v) is 9.54. The van der Waals surface area contributed by atoms with Gasteiger partial charge >= 0.3 is 17.9 Å². The zero-order chi connectivity index (χ0) is 21.9. The molecule has 10 nitrogen and oxygen atoms in total. The number of nitrogens with zero attached hydrogens (tertiary/aromatic N) is 3. The smallest absolute Gasteiger partial charge is 0.319 e. The van der Waals surface area contributed by atoms with Crippen molar-refractivity contribution in [3.8, 4) is 0 Å². The van der Waals surface area contributed by atoms with Gasteiger partial charge in [-0.1, -0.05) is 12.1 Å². The van der Waals surface area contributed by atoms with Gasteiger partial charge < -0.3 is 19.2 Å². The van der Waals surface area contributed by atoms with E-state index in [4.69, 9.17) is 4.74 Å². The van der Waals surface area contributed by atoms with Crippen LogP contribution in [0, 0.1) is 0 Å². The number of aromatic amines is 1. The summed E-state index contributed by atoms with van der Waals surface area (Å²) in [6.45, 7) is 1.46. The van der Waals surface area contributed by atoms with Crippen LogP contribution in [-0.2, 0) is 35.1 Å². The number of nitrogens with one attached hydrogen (secondary N) is 1. The Balaban J connectivity index is 1.98. The van der Waals surface area contributed by atoms with E-state index in [0.29, 0.717) is 26.1 Å². The minimum atomic E-state index is -0.437. The lowest BCUT2D eigenvalue weighted by Crippen LogP contribution is -2.38. The molecule has 10 heteroatoms. The molecule has 0 fully saturated rings. The molecule has 0 unspecified atom stereocenters. The predicted octanol–water partition coefficient (Wildman–Crippen LogP) is 0.576. The number of aromatic nitrogens is 2. The van der Waals surface area contributed by atoms with E-state index in [2.05, 4.69) is 19.4 Å². The Bertz CT molecular complexity index is 802. The third kappa shape index (κ3) is 7.45. The molecule has 2 aromatic rings. The van der Waals surface area contributed by atoms with Crippen molar-refractivity contribution < 1.29 is 28.6 Å². The van der Waals surface area contributed by atoms with Gasteiger partial charge in [-0.2, -0.15) is 0 Å². The molecule has 0 atom stereocenters. The van der Waals surface area contributed by atoms with Gasteiger partial charge in [-0.05, 0) is 18.6 Å². The van der Waals surface area contributed by atoms with Crippen LogP contribution >= 0.6 is 0 Å². The molecule has 0 saturated heterocycles. The number of imidazole rings is 1. The van der Waals surface area contributed by atoms with Gasteiger partial charge in [-0.25, -0.2) is 4.98 Å². The number of H-pyrrole nitrogens is 1. The van der Waals surface area contributed by atoms with Gasteiger partial charge in [0.1, 0.15) is 5.82 Å². The van der Waals surface area contributed by atoms with Crippen LogP contribution in [0.3, 0.4) is 0 Å². The van der Waals surface area contributed by atoms with E-state index in [9.17, 15) is 14.4 Å². The maximum atomic E-state index is 11.8. The molecule has 0 aliphatic heterocycles. The standard InChI is InChI=1S/C20H28N4O6/c1-28-18(25)12-23(11-17-21-15-7-4-5-8-16(15)22-17)9-6-10-24(13-19(26)29-2)14-20(27)30-3/h4-5,7-8H,6,9-14H2,1-3H3,(H,21,22). The SMILES string of the molecule is COC(=O)CN(CCCN(CC(=O)OC)Cc1nc2ccccc2[nH]1)CC(=O)OC. The van der Waals surface area contributed by atoms with Crippen molar-refractivity contribution in [2.24, 2.45) is 0 Å². The van der Waals surface area contributed by atoms with Gasteiger partial charge in [-0.3, -0.25) is 24.2 Å². The van der Waals surface area contributed by atoms with Crippen molar-refractivity contribution in [3.63, 3.8) is 0 Å². The van der Waals surface area contributed by atoms with Crippen molar-refractivity contribution in [1.82, 2.24) is 19.8 Å². The fourth-order valence-corrected chi connectivity index (χ4v) is 2.98. The summed E-state index contributed by atoms with van der Waals surface area (Å²) in [4.78, 5) is 46.4. The average molecular weight is 420 g/mol. The maximum Gasteiger partial charge on any atom is 0.319 e. The second-order valence-electron chi connectivity index (χ2n) is 6.70. The number of para-hydroxylation sites is 2. The van der Waals surface area contributed by atoms with E-state index in [0.717, 1.165) is 16.9 Å². The largest absolute Gasteiger partial charge is 0.468 e. The minimum absolute atomic E-state index is 0.0217. The summed E-state index contributed by atoms with van der Waals surface area (Å²) in [7, 11) is 3.93. The number of hydrogen-bond acceptors (Lipinski definition) is 9. The number of fused-ring (bicyclic) bond motifs is 1. The summed E-state index contributed by atoms with van der Waals surface area (Å²) in [5, 5.41) is 0. The van der Waals surface area contributed by atoms with E-state index in [1.165, 1.54) is 21.3 Å². The molecule has 2 rings (SSSR count). The third-order valence-corrected chi connectivity index (χ3v) is 4.50. The first-order valence-electron chi connectivity index (χ1n) is 9.54. The molecule has 1 aromatic carbocycles. The van der Waals surface area contributed by atoms with Crippen molar-refractivity contribution >= 4 is 28.9 Å². The van der Waals surface area contributed by atoms with Crippen LogP contribution < -0.4 is 0 Å². The molecule has 164 valence electrons. The van der Waals surface area contributed by atoms with Crippen LogP contribution in [0.25, 0.3) is 11.0 Å². The Morgan fingerprint density at radius 1 is 0.867 bits per heavy atom. The van der Waals surface area contributed by atoms with Crippen LogP contribution in [-0.4, -0.2) is 91.7 Å². The molecule has 0 bridgehead atoms. The van der Waals surface area contributed by atoms with E-state index in [1.807, 2.05) is 29.2 Å². The summed E-state index contributed by atoms with van der Waals surface area (Å²) >= 11 is 0. The quantitative estimate of drug-likeness (QED) is 0.389. The molecule has 1 heterocycles. The zero-order valence-electron chi connectivity index (χ0n) is 17.6. The average Bonchev–Trinajstić information content (AvgIpc) is 3.15. The van der Waals surface area contributed by atoms with Crippen LogP contribution in [0.5, 0.6) is 0 Å². The summed E-state index contributed by atoms with van der Waals surface area (Å²) in [6.07, 6.45) is 0.602. The lowest BCUT2D eigenvalue weighted by atomic mass is 10.3. The Kier molecular flexibility index (Phi) is 9.23. The summed E-state index contributed by atoms with van der Waals surface area (Å²) in [6, 6.07) is 7.69. The first kappa shape index (κ1) is 23.3. The van der Waals surface area contributed by atoms with Gasteiger partial charge in [0.2, 0.25) is 0 Å². The van der Waals surface area contributed by atoms with Crippen molar-refractivity contribution in [3.05, 3.63) is 30.1 Å². The summed E-state index contributed by atoms with van der Waals surface area (Å²) < 4.78 is 14.2. The van der Waals surface area contributed by atoms with Gasteiger partial charge in [0.25, 0.3) is 0 Å². The monoisotopic (exact) mass is 420 g/mol. The van der Waals surface area contributed by atoms with Crippen LogP contribution in [0.2, 0.25) is 0 Å². The van der Waals surface area contributed by atoms with Crippen LogP contribution in [0.15, 0.2) is 24.3 Å². The Hall–Kier alpha value is -2.98. The van der Waals surface area contributed by atoms with Crippen LogP contribution in [0.1, 0.15) is 12.2 Å². The second-order valence-corrected chi connectivity index (χ2v) is 6.70. The van der Waals surface area contributed by atoms with E-state index >= 15 is 0 Å². The molecule has 30 heavy (non-hydrogen) atoms. The number of hydrogen-bond donors (Lipinski definition) is 1. The number of methoxy groups -OCH3 is 3. The van der Waals surface area contributed by atoms with Crippen molar-refractivity contribution in [2.75, 3.05) is 54.1 Å². The molecule has 1 N–H and O–H groups in total. The highest BCUT2D eigenvalue weighted by Crippen LogP contribution is 2.12. The number of carbonyl (C=O) groups is 3. The van der Waals surface area contributed by atoms with Gasteiger partial charge in [-0.15, -0.1) is 0 Å². The van der Waals surface area contributed by atoms with E-state index < -0.39 is 11.9 Å². The molecule has 0 saturated carbocycles. The fourth-order valence-electron chi connectivity index (χ4n) is 2.98. The topological polar surface area (TPSA) is 114 Å². The summed E-state index contributed by atoms with van der Waals surface area (Å²) in [5.74, 6) is -0.492. The Morgan fingerprint density at radius 2 is 1.40 bits per heavy atom. The molecule has 1 aromatic heterocycles. The Labute approximate surface area is 175 Å². The minimum Gasteiger partial charge on any atom is -0.468 e. The lowest BCUT2D eigenvalue weighted by molar-refractivity contribution is -0.145. The number of rotatable bonds is 12. The molecule has 0 radical (unpaired) electrons. The highest BCUT2D eigenvalue weighted by atomic mass is 16.5. The van der Waals surface area contributed by atoms with Gasteiger partial charge in [0, 0.05) is 13.1 Å². The van der Waals surface area contributed by atoms with E-state index in [1.54, 1.807) is 4.90 Å². The lowest BCUT2D eigenvalue weighted by Gasteiger charge is -2.23. The number of esters is 3. The molecule has 0 spiro atoms. The van der Waals surface area contributed by atoms with E-state index in [-0.39, 0.29) is 25.6 Å². The predicted molar refractivity (Wildman–Crippen MR) is 108 cm³/mol. The van der Waals surface area contributed by atoms with Crippen molar-refractivity contribution in [2.45, 2.75) is 13.0 Å². The number of benzene rings is 1. The number of carbonyl (C=O) groups excluding carboxylic acids is 3. The Morgan fingerprint density at radius 3 is 1.97 bits per heavy atom. The van der Waals surface area contributed by atoms with Gasteiger partial charge in [0.05, 0.1) is 58.5 Å². The summed E-state index contributed by atoms with van der Waals surface area (Å²) in [5.41, 5.74) is 1.78. The molecular formula is C20H28N4O6. The fraction of sp³-hybridized carbons (Fsp3) is 0.500. The van der Waals surface area contributed by atoms with Crippen LogP contribution in [0.4, 0.5) is 0 Å². The molecular weight excluding hydrogens is 392 g/mol. The second kappa shape index (κ2) is 11.9. The normalized spacial score (nSPS) is 11.1. The first-order chi connectivity index (χ1) is 14.4. The maximum absolute atomic E-state index is 11.8. The van der Waals surface area contributed by atoms with Crippen molar-refractivity contribution in [1.29, 1.82) is 0 Å². The highest BCUT2D eigenvalue weighted by Gasteiger charge is 2.18. The zero-order valence-corrected chi connectivity index (χ0v) is 17.6. The number of ether oxygens (including phenoxy) is 3. The molecule has 0 aliphatic rings. The third-order valence-electron chi connectivity index (χ3n) is 4.50. The van der Waals surface area contributed by atoms with Gasteiger partial charge in [0.15, 0.2) is 0 Å². The highest BCUT2D eigenvalue weighted by molar-refractivity contribution is 5.75. The molecule has 0 amide bonds. The molecule has 0 aliphatic carbocycles.